The Hall–Kier alpha value is -2.82. The number of aromatic nitrogens is 2. The van der Waals surface area contributed by atoms with E-state index in [9.17, 15) is 0 Å². The van der Waals surface area contributed by atoms with Crippen molar-refractivity contribution in [3.05, 3.63) is 83.6 Å². The minimum Gasteiger partial charge on any atom is -0.368 e. The second-order valence-corrected chi connectivity index (χ2v) is 8.45. The van der Waals surface area contributed by atoms with Crippen LogP contribution in [0.3, 0.4) is 0 Å². The molecule has 0 aliphatic carbocycles. The van der Waals surface area contributed by atoms with Crippen LogP contribution in [-0.2, 0) is 6.54 Å². The summed E-state index contributed by atoms with van der Waals surface area (Å²) in [5.74, 6) is 0. The summed E-state index contributed by atoms with van der Waals surface area (Å²) < 4.78 is 2.15. The van der Waals surface area contributed by atoms with Crippen LogP contribution in [0.1, 0.15) is 5.56 Å². The molecule has 1 saturated heterocycles. The molecule has 3 aromatic carbocycles. The fourth-order valence-electron chi connectivity index (χ4n) is 4.18. The molecule has 2 heterocycles. The van der Waals surface area contributed by atoms with E-state index in [0.29, 0.717) is 0 Å². The molecule has 0 spiro atoms. The second kappa shape index (κ2) is 8.13. The quantitative estimate of drug-likeness (QED) is 0.459. The highest BCUT2D eigenvalue weighted by Gasteiger charge is 2.17. The van der Waals surface area contributed by atoms with Gasteiger partial charge in [-0.2, -0.15) is 0 Å². The molecular formula is C25H25ClN4. The van der Waals surface area contributed by atoms with Crippen LogP contribution >= 0.6 is 11.6 Å². The molecule has 1 fully saturated rings. The Bertz CT molecular complexity index is 1160. The predicted octanol–water partition coefficient (Wildman–Crippen LogP) is 5.16. The van der Waals surface area contributed by atoms with Crippen LogP contribution < -0.4 is 4.90 Å². The lowest BCUT2D eigenvalue weighted by Gasteiger charge is -2.35. The van der Waals surface area contributed by atoms with Crippen molar-refractivity contribution in [1.82, 2.24) is 14.5 Å². The molecule has 1 aromatic heterocycles. The van der Waals surface area contributed by atoms with Gasteiger partial charge in [0.15, 0.2) is 0 Å². The van der Waals surface area contributed by atoms with Gasteiger partial charge in [0, 0.05) is 49.0 Å². The number of likely N-dealkylation sites (N-methyl/N-ethyl adjacent to an activating group) is 1. The van der Waals surface area contributed by atoms with Gasteiger partial charge in [0.05, 0.1) is 17.4 Å². The van der Waals surface area contributed by atoms with Gasteiger partial charge in [-0.3, -0.25) is 0 Å². The number of nitrogens with zero attached hydrogens (tertiary/aromatic N) is 4. The van der Waals surface area contributed by atoms with E-state index in [1.54, 1.807) is 0 Å². The number of benzene rings is 3. The molecule has 152 valence electrons. The molecule has 0 bridgehead atoms. The van der Waals surface area contributed by atoms with Gasteiger partial charge in [0.25, 0.3) is 0 Å². The number of piperazine rings is 1. The fourth-order valence-corrected chi connectivity index (χ4v) is 4.35. The number of para-hydroxylation sites is 1. The molecule has 4 aromatic rings. The number of imidazole rings is 1. The fraction of sp³-hybridized carbons (Fsp3) is 0.240. The third-order valence-corrected chi connectivity index (χ3v) is 6.18. The highest BCUT2D eigenvalue weighted by molar-refractivity contribution is 6.31. The zero-order chi connectivity index (χ0) is 20.5. The number of hydrogen-bond donors (Lipinski definition) is 0. The first-order valence-electron chi connectivity index (χ1n) is 10.4. The maximum absolute atomic E-state index is 6.18. The minimum atomic E-state index is 0.736. The smallest absolute Gasteiger partial charge is 0.0961 e. The van der Waals surface area contributed by atoms with Crippen LogP contribution in [-0.4, -0.2) is 47.7 Å². The lowest BCUT2D eigenvalue weighted by molar-refractivity contribution is 0.313. The topological polar surface area (TPSA) is 24.3 Å². The maximum atomic E-state index is 6.18. The molecule has 5 rings (SSSR count). The molecule has 0 N–H and O–H groups in total. The SMILES string of the molecule is CN1CCN(c2ccccc2-c2ccc(Cn3cnc4ccc(Cl)cc43)cc2)CC1. The number of fused-ring (bicyclic) bond motifs is 1. The third kappa shape index (κ3) is 3.81. The first-order chi connectivity index (χ1) is 14.7. The zero-order valence-corrected chi connectivity index (χ0v) is 17.9. The van der Waals surface area contributed by atoms with Crippen molar-refractivity contribution in [2.24, 2.45) is 0 Å². The van der Waals surface area contributed by atoms with Crippen molar-refractivity contribution in [1.29, 1.82) is 0 Å². The number of anilines is 1. The van der Waals surface area contributed by atoms with Crippen molar-refractivity contribution in [2.45, 2.75) is 6.54 Å². The van der Waals surface area contributed by atoms with Gasteiger partial charge < -0.3 is 14.4 Å². The molecule has 0 unspecified atom stereocenters. The van der Waals surface area contributed by atoms with E-state index >= 15 is 0 Å². The largest absolute Gasteiger partial charge is 0.368 e. The lowest BCUT2D eigenvalue weighted by Crippen LogP contribution is -2.44. The van der Waals surface area contributed by atoms with Gasteiger partial charge in [0.1, 0.15) is 0 Å². The predicted molar refractivity (Wildman–Crippen MR) is 125 cm³/mol. The summed E-state index contributed by atoms with van der Waals surface area (Å²) in [7, 11) is 2.19. The summed E-state index contributed by atoms with van der Waals surface area (Å²) >= 11 is 6.18. The monoisotopic (exact) mass is 416 g/mol. The standard InChI is InChI=1S/C25H25ClN4/c1-28-12-14-29(15-13-28)24-5-3-2-4-22(24)20-8-6-19(7-9-20)17-30-18-27-23-11-10-21(26)16-25(23)30/h2-11,16,18H,12-15,17H2,1H3. The van der Waals surface area contributed by atoms with E-state index in [2.05, 4.69) is 74.9 Å². The van der Waals surface area contributed by atoms with E-state index in [1.165, 1.54) is 22.4 Å². The average molecular weight is 417 g/mol. The third-order valence-electron chi connectivity index (χ3n) is 5.95. The summed E-state index contributed by atoms with van der Waals surface area (Å²) in [6.45, 7) is 5.13. The lowest BCUT2D eigenvalue weighted by atomic mass is 10.0. The van der Waals surface area contributed by atoms with E-state index in [1.807, 2.05) is 24.5 Å². The molecule has 0 amide bonds. The Morgan fingerprint density at radius 1 is 0.900 bits per heavy atom. The highest BCUT2D eigenvalue weighted by Crippen LogP contribution is 2.31. The Morgan fingerprint density at radius 2 is 1.67 bits per heavy atom. The molecule has 30 heavy (non-hydrogen) atoms. The van der Waals surface area contributed by atoms with Crippen molar-refractivity contribution in [2.75, 3.05) is 38.1 Å². The van der Waals surface area contributed by atoms with Gasteiger partial charge in [0.2, 0.25) is 0 Å². The molecule has 4 nitrogen and oxygen atoms in total. The van der Waals surface area contributed by atoms with E-state index in [0.717, 1.165) is 48.8 Å². The number of hydrogen-bond acceptors (Lipinski definition) is 3. The Morgan fingerprint density at radius 3 is 2.47 bits per heavy atom. The molecule has 0 saturated carbocycles. The Labute approximate surface area is 182 Å². The van der Waals surface area contributed by atoms with Gasteiger partial charge in [-0.25, -0.2) is 4.98 Å². The van der Waals surface area contributed by atoms with Gasteiger partial charge >= 0.3 is 0 Å². The van der Waals surface area contributed by atoms with Crippen LogP contribution in [0.5, 0.6) is 0 Å². The normalized spacial score (nSPS) is 15.1. The first kappa shape index (κ1) is 19.2. The molecule has 1 aliphatic rings. The Balaban J connectivity index is 1.40. The molecule has 1 aliphatic heterocycles. The molecule has 0 atom stereocenters. The van der Waals surface area contributed by atoms with Gasteiger partial charge in [-0.1, -0.05) is 54.1 Å². The zero-order valence-electron chi connectivity index (χ0n) is 17.1. The van der Waals surface area contributed by atoms with Crippen molar-refractivity contribution < 1.29 is 0 Å². The van der Waals surface area contributed by atoms with E-state index in [4.69, 9.17) is 11.6 Å². The van der Waals surface area contributed by atoms with Crippen molar-refractivity contribution in [3.8, 4) is 11.1 Å². The first-order valence-corrected chi connectivity index (χ1v) is 10.8. The average Bonchev–Trinajstić information content (AvgIpc) is 3.17. The summed E-state index contributed by atoms with van der Waals surface area (Å²) in [6, 6.07) is 23.5. The van der Waals surface area contributed by atoms with Crippen LogP contribution in [0.25, 0.3) is 22.2 Å². The summed E-state index contributed by atoms with van der Waals surface area (Å²) in [5, 5.41) is 0.736. The van der Waals surface area contributed by atoms with Gasteiger partial charge in [-0.05, 0) is 42.4 Å². The Kier molecular flexibility index (Phi) is 5.19. The highest BCUT2D eigenvalue weighted by atomic mass is 35.5. The van der Waals surface area contributed by atoms with Crippen LogP contribution in [0.2, 0.25) is 5.02 Å². The van der Waals surface area contributed by atoms with Crippen molar-refractivity contribution >= 4 is 28.3 Å². The summed E-state index contributed by atoms with van der Waals surface area (Å²) in [4.78, 5) is 9.38. The van der Waals surface area contributed by atoms with Crippen molar-refractivity contribution in [3.63, 3.8) is 0 Å². The van der Waals surface area contributed by atoms with E-state index in [-0.39, 0.29) is 0 Å². The summed E-state index contributed by atoms with van der Waals surface area (Å²) in [6.07, 6.45) is 1.89. The van der Waals surface area contributed by atoms with Crippen LogP contribution in [0.4, 0.5) is 5.69 Å². The van der Waals surface area contributed by atoms with Crippen LogP contribution in [0.15, 0.2) is 73.1 Å². The number of rotatable bonds is 4. The molecular weight excluding hydrogens is 392 g/mol. The minimum absolute atomic E-state index is 0.736. The summed E-state index contributed by atoms with van der Waals surface area (Å²) in [5.41, 5.74) is 7.16. The number of halogens is 1. The van der Waals surface area contributed by atoms with Crippen LogP contribution in [0, 0.1) is 0 Å². The molecule has 0 radical (unpaired) electrons. The maximum Gasteiger partial charge on any atom is 0.0961 e. The second-order valence-electron chi connectivity index (χ2n) is 8.01. The molecule has 5 heteroatoms. The van der Waals surface area contributed by atoms with Gasteiger partial charge in [-0.15, -0.1) is 0 Å². The van der Waals surface area contributed by atoms with E-state index < -0.39 is 0 Å².